The first kappa shape index (κ1) is 16.5. The van der Waals surface area contributed by atoms with Crippen LogP contribution in [-0.4, -0.2) is 12.1 Å². The highest BCUT2D eigenvalue weighted by molar-refractivity contribution is 5.66. The van der Waals surface area contributed by atoms with Gasteiger partial charge in [-0.25, -0.2) is 0 Å². The van der Waals surface area contributed by atoms with Gasteiger partial charge in [-0.1, -0.05) is 41.5 Å². The Balaban J connectivity index is 2.96. The number of hydrogen-bond donors (Lipinski definition) is 0. The number of carbonyl (C=O) groups is 1. The summed E-state index contributed by atoms with van der Waals surface area (Å²) < 4.78 is 5.73. The zero-order chi connectivity index (χ0) is 14.7. The molecular weight excluding hydrogens is 236 g/mol. The summed E-state index contributed by atoms with van der Waals surface area (Å²) in [6.07, 6.45) is 2.53. The van der Waals surface area contributed by atoms with E-state index in [9.17, 15) is 4.79 Å². The summed E-state index contributed by atoms with van der Waals surface area (Å²) >= 11 is 0. The van der Waals surface area contributed by atoms with Crippen molar-refractivity contribution in [2.24, 2.45) is 35.5 Å². The van der Waals surface area contributed by atoms with Gasteiger partial charge >= 0.3 is 5.97 Å². The average molecular weight is 268 g/mol. The van der Waals surface area contributed by atoms with Crippen LogP contribution in [0.25, 0.3) is 0 Å². The van der Waals surface area contributed by atoms with Crippen molar-refractivity contribution in [3.8, 4) is 0 Å². The number of carbonyl (C=O) groups excluding carboxylic acids is 1. The molecule has 0 saturated heterocycles. The molecule has 0 amide bonds. The number of ether oxygens (including phenoxy) is 1. The van der Waals surface area contributed by atoms with E-state index in [2.05, 4.69) is 41.5 Å². The van der Waals surface area contributed by atoms with Gasteiger partial charge in [0.1, 0.15) is 6.10 Å². The lowest BCUT2D eigenvalue weighted by Gasteiger charge is -2.45. The van der Waals surface area contributed by atoms with Gasteiger partial charge in [0.2, 0.25) is 0 Å². The first-order valence-corrected chi connectivity index (χ1v) is 7.91. The number of rotatable bonds is 4. The molecule has 1 rings (SSSR count). The smallest absolute Gasteiger partial charge is 0.302 e. The summed E-state index contributed by atoms with van der Waals surface area (Å²) in [6, 6.07) is 0. The molecule has 0 radical (unpaired) electrons. The number of hydrogen-bond acceptors (Lipinski definition) is 2. The van der Waals surface area contributed by atoms with Crippen molar-refractivity contribution in [1.82, 2.24) is 0 Å². The third kappa shape index (κ3) is 4.22. The Hall–Kier alpha value is -0.530. The van der Waals surface area contributed by atoms with Gasteiger partial charge in [0.25, 0.3) is 0 Å². The van der Waals surface area contributed by atoms with Crippen molar-refractivity contribution < 1.29 is 9.53 Å². The van der Waals surface area contributed by atoms with E-state index in [1.54, 1.807) is 6.92 Å². The highest BCUT2D eigenvalue weighted by atomic mass is 16.5. The van der Waals surface area contributed by atoms with Gasteiger partial charge in [-0.05, 0) is 48.3 Å². The molecule has 0 bridgehead atoms. The Labute approximate surface area is 119 Å². The fourth-order valence-electron chi connectivity index (χ4n) is 3.59. The fraction of sp³-hybridized carbons (Fsp3) is 0.941. The molecule has 1 aliphatic carbocycles. The molecule has 0 heterocycles. The van der Waals surface area contributed by atoms with Crippen LogP contribution >= 0.6 is 0 Å². The zero-order valence-corrected chi connectivity index (χ0v) is 13.8. The Morgan fingerprint density at radius 1 is 0.895 bits per heavy atom. The SMILES string of the molecule is CC(=O)OC1[C@@H](C(C)C)CC(C(C)C)C[C@@H]1C(C)C. The van der Waals surface area contributed by atoms with E-state index in [1.165, 1.54) is 12.8 Å². The maximum absolute atomic E-state index is 11.4. The quantitative estimate of drug-likeness (QED) is 0.700. The van der Waals surface area contributed by atoms with Crippen molar-refractivity contribution >= 4 is 5.97 Å². The summed E-state index contributed by atoms with van der Waals surface area (Å²) in [5.41, 5.74) is 0. The van der Waals surface area contributed by atoms with Crippen molar-refractivity contribution in [2.45, 2.75) is 67.4 Å². The summed E-state index contributed by atoms with van der Waals surface area (Å²) in [6.45, 7) is 15.3. The molecule has 112 valence electrons. The minimum Gasteiger partial charge on any atom is -0.462 e. The molecule has 0 spiro atoms. The van der Waals surface area contributed by atoms with Gasteiger partial charge in [0.15, 0.2) is 0 Å². The van der Waals surface area contributed by atoms with Crippen LogP contribution in [0.5, 0.6) is 0 Å². The Morgan fingerprint density at radius 3 is 1.58 bits per heavy atom. The molecule has 0 N–H and O–H groups in total. The topological polar surface area (TPSA) is 26.3 Å². The lowest BCUT2D eigenvalue weighted by Crippen LogP contribution is -2.45. The van der Waals surface area contributed by atoms with E-state index in [0.29, 0.717) is 23.7 Å². The lowest BCUT2D eigenvalue weighted by atomic mass is 9.63. The van der Waals surface area contributed by atoms with E-state index >= 15 is 0 Å². The molecule has 2 nitrogen and oxygen atoms in total. The van der Waals surface area contributed by atoms with Crippen molar-refractivity contribution in [3.05, 3.63) is 0 Å². The maximum atomic E-state index is 11.4. The summed E-state index contributed by atoms with van der Waals surface area (Å²) in [5.74, 6) is 3.55. The Bertz CT molecular complexity index is 276. The molecule has 0 aliphatic heterocycles. The van der Waals surface area contributed by atoms with E-state index in [1.807, 2.05) is 0 Å². The third-order valence-corrected chi connectivity index (χ3v) is 4.95. The molecular formula is C17H32O2. The Morgan fingerprint density at radius 2 is 1.32 bits per heavy atom. The van der Waals surface area contributed by atoms with Gasteiger partial charge in [-0.3, -0.25) is 4.79 Å². The van der Waals surface area contributed by atoms with Crippen LogP contribution in [0.4, 0.5) is 0 Å². The maximum Gasteiger partial charge on any atom is 0.302 e. The summed E-state index contributed by atoms with van der Waals surface area (Å²) in [4.78, 5) is 11.4. The summed E-state index contributed by atoms with van der Waals surface area (Å²) in [7, 11) is 0. The highest BCUT2D eigenvalue weighted by Crippen LogP contribution is 2.44. The van der Waals surface area contributed by atoms with Gasteiger partial charge in [0.05, 0.1) is 0 Å². The molecule has 1 saturated carbocycles. The minimum absolute atomic E-state index is 0.118. The van der Waals surface area contributed by atoms with Crippen LogP contribution in [0, 0.1) is 35.5 Å². The third-order valence-electron chi connectivity index (χ3n) is 4.95. The zero-order valence-electron chi connectivity index (χ0n) is 13.8. The van der Waals surface area contributed by atoms with Gasteiger partial charge in [0, 0.05) is 6.92 Å². The summed E-state index contributed by atoms with van der Waals surface area (Å²) in [5, 5.41) is 0. The average Bonchev–Trinajstić information content (AvgIpc) is 2.27. The van der Waals surface area contributed by atoms with Gasteiger partial charge in [-0.15, -0.1) is 0 Å². The van der Waals surface area contributed by atoms with Crippen molar-refractivity contribution in [1.29, 1.82) is 0 Å². The molecule has 2 atom stereocenters. The first-order chi connectivity index (χ1) is 8.73. The van der Waals surface area contributed by atoms with Crippen LogP contribution in [0.3, 0.4) is 0 Å². The van der Waals surface area contributed by atoms with E-state index in [0.717, 1.165) is 11.8 Å². The standard InChI is InChI=1S/C17H32O2/c1-10(2)14-8-15(11(3)4)17(19-13(7)18)16(9-14)12(5)6/h10-12,14-17H,8-9H2,1-7H3/t14?,15-,16-,17?/m1/s1. The van der Waals surface area contributed by atoms with E-state index in [-0.39, 0.29) is 12.1 Å². The van der Waals surface area contributed by atoms with Crippen LogP contribution < -0.4 is 0 Å². The second-order valence-corrected chi connectivity index (χ2v) is 7.37. The monoisotopic (exact) mass is 268 g/mol. The molecule has 0 aromatic heterocycles. The number of esters is 1. The Kier molecular flexibility index (Phi) is 5.88. The fourth-order valence-corrected chi connectivity index (χ4v) is 3.59. The highest BCUT2D eigenvalue weighted by Gasteiger charge is 2.42. The van der Waals surface area contributed by atoms with Crippen molar-refractivity contribution in [3.63, 3.8) is 0 Å². The van der Waals surface area contributed by atoms with E-state index < -0.39 is 0 Å². The van der Waals surface area contributed by atoms with Gasteiger partial charge in [-0.2, -0.15) is 0 Å². The molecule has 0 aromatic carbocycles. The van der Waals surface area contributed by atoms with Crippen LogP contribution in [0.1, 0.15) is 61.3 Å². The van der Waals surface area contributed by atoms with Crippen LogP contribution in [0.15, 0.2) is 0 Å². The molecule has 0 unspecified atom stereocenters. The lowest BCUT2D eigenvalue weighted by molar-refractivity contribution is -0.161. The second kappa shape index (κ2) is 6.76. The second-order valence-electron chi connectivity index (χ2n) is 7.37. The minimum atomic E-state index is -0.121. The predicted octanol–water partition coefficient (Wildman–Crippen LogP) is 4.53. The predicted molar refractivity (Wildman–Crippen MR) is 79.8 cm³/mol. The van der Waals surface area contributed by atoms with Crippen LogP contribution in [0.2, 0.25) is 0 Å². The molecule has 19 heavy (non-hydrogen) atoms. The largest absolute Gasteiger partial charge is 0.462 e. The van der Waals surface area contributed by atoms with Crippen molar-refractivity contribution in [2.75, 3.05) is 0 Å². The molecule has 2 heteroatoms. The van der Waals surface area contributed by atoms with E-state index in [4.69, 9.17) is 4.74 Å². The van der Waals surface area contributed by atoms with Gasteiger partial charge < -0.3 is 4.74 Å². The molecule has 0 aromatic rings. The molecule has 1 aliphatic rings. The first-order valence-electron chi connectivity index (χ1n) is 7.91. The van der Waals surface area contributed by atoms with Crippen LogP contribution in [-0.2, 0) is 9.53 Å². The normalized spacial score (nSPS) is 32.1. The molecule has 1 fully saturated rings.